The Morgan fingerprint density at radius 3 is 2.53 bits per heavy atom. The van der Waals surface area contributed by atoms with Crippen molar-refractivity contribution >= 4 is 12.0 Å². The molecule has 164 valence electrons. The van der Waals surface area contributed by atoms with Crippen LogP contribution in [0.25, 0.3) is 0 Å². The Labute approximate surface area is 181 Å². The van der Waals surface area contributed by atoms with Gasteiger partial charge in [0.05, 0.1) is 0 Å². The lowest BCUT2D eigenvalue weighted by atomic mass is 9.68. The maximum Gasteiger partial charge on any atom is 0.139 e. The standard InChI is InChI=1S/C27H38FNO/c28-24-12-13-25-23(15-24)16-29-17-26(25)19-8-10-20(11-9-19)27(30)22-7-3-6-21(14-22)18-4-1-2-5-18/h8,15-16,18,20-22,24-26H,1-7,9-14,17H2/t20?,21-,22+,24?,25?,26?/m0/s1. The number of hydrogen-bond donors (Lipinski definition) is 0. The molecule has 4 unspecified atom stereocenters. The molecule has 1 heterocycles. The zero-order chi connectivity index (χ0) is 20.5. The average molecular weight is 412 g/mol. The molecular formula is C27H38FNO. The largest absolute Gasteiger partial charge is 0.299 e. The fraction of sp³-hybridized carbons (Fsp3) is 0.778. The molecule has 2 fully saturated rings. The van der Waals surface area contributed by atoms with E-state index in [0.717, 1.165) is 56.1 Å². The maximum atomic E-state index is 13.8. The second kappa shape index (κ2) is 9.09. The van der Waals surface area contributed by atoms with Crippen LogP contribution in [0, 0.1) is 35.5 Å². The number of rotatable bonds is 4. The SMILES string of the molecule is O=C(C1CC=C(C2CN=CC3=CC(F)CCC32)CC1)[C@@H]1CCC[C@H](C2CCCC2)C1. The number of carbonyl (C=O) groups is 1. The smallest absolute Gasteiger partial charge is 0.139 e. The summed E-state index contributed by atoms with van der Waals surface area (Å²) in [5.41, 5.74) is 2.61. The minimum absolute atomic E-state index is 0.241. The van der Waals surface area contributed by atoms with Gasteiger partial charge in [0.15, 0.2) is 0 Å². The third kappa shape index (κ3) is 4.23. The summed E-state index contributed by atoms with van der Waals surface area (Å²) in [5.74, 6) is 3.76. The van der Waals surface area contributed by atoms with Gasteiger partial charge in [-0.2, -0.15) is 0 Å². The molecule has 0 aromatic carbocycles. The van der Waals surface area contributed by atoms with E-state index in [4.69, 9.17) is 0 Å². The van der Waals surface area contributed by atoms with Crippen LogP contribution in [0.2, 0.25) is 0 Å². The van der Waals surface area contributed by atoms with Crippen molar-refractivity contribution in [3.8, 4) is 0 Å². The Balaban J connectivity index is 1.20. The van der Waals surface area contributed by atoms with E-state index in [9.17, 15) is 9.18 Å². The molecule has 0 N–H and O–H groups in total. The number of halogens is 1. The van der Waals surface area contributed by atoms with Gasteiger partial charge in [-0.05, 0) is 74.3 Å². The lowest BCUT2D eigenvalue weighted by Crippen LogP contribution is -2.33. The third-order valence-electron chi connectivity index (χ3n) is 9.09. The zero-order valence-corrected chi connectivity index (χ0v) is 18.4. The molecule has 1 aliphatic heterocycles. The summed E-state index contributed by atoms with van der Waals surface area (Å²) in [4.78, 5) is 17.9. The lowest BCUT2D eigenvalue weighted by Gasteiger charge is -2.37. The summed E-state index contributed by atoms with van der Waals surface area (Å²) < 4.78 is 13.8. The number of fused-ring (bicyclic) bond motifs is 1. The van der Waals surface area contributed by atoms with Crippen molar-refractivity contribution in [1.82, 2.24) is 0 Å². The quantitative estimate of drug-likeness (QED) is 0.476. The molecule has 0 amide bonds. The van der Waals surface area contributed by atoms with Gasteiger partial charge in [0.2, 0.25) is 0 Å². The number of nitrogens with zero attached hydrogens (tertiary/aromatic N) is 1. The molecule has 5 rings (SSSR count). The molecule has 3 heteroatoms. The van der Waals surface area contributed by atoms with Gasteiger partial charge in [-0.1, -0.05) is 50.2 Å². The molecule has 30 heavy (non-hydrogen) atoms. The first-order valence-corrected chi connectivity index (χ1v) is 12.8. The molecule has 6 atom stereocenters. The predicted octanol–water partition coefficient (Wildman–Crippen LogP) is 6.65. The van der Waals surface area contributed by atoms with Crippen LogP contribution >= 0.6 is 0 Å². The van der Waals surface area contributed by atoms with Crippen LogP contribution in [0.1, 0.15) is 83.5 Å². The van der Waals surface area contributed by atoms with E-state index in [-0.39, 0.29) is 5.92 Å². The van der Waals surface area contributed by atoms with E-state index in [1.54, 1.807) is 6.08 Å². The highest BCUT2D eigenvalue weighted by Crippen LogP contribution is 2.44. The minimum Gasteiger partial charge on any atom is -0.299 e. The fourth-order valence-electron chi connectivity index (χ4n) is 7.39. The van der Waals surface area contributed by atoms with Crippen molar-refractivity contribution < 1.29 is 9.18 Å². The minimum atomic E-state index is -0.799. The van der Waals surface area contributed by atoms with Gasteiger partial charge >= 0.3 is 0 Å². The molecule has 0 aromatic rings. The normalized spacial score (nSPS) is 39.9. The van der Waals surface area contributed by atoms with Crippen LogP contribution in [-0.4, -0.2) is 24.7 Å². The van der Waals surface area contributed by atoms with Gasteiger partial charge in [0.1, 0.15) is 12.0 Å². The van der Waals surface area contributed by atoms with Gasteiger partial charge in [-0.3, -0.25) is 9.79 Å². The molecule has 0 radical (unpaired) electrons. The van der Waals surface area contributed by atoms with Gasteiger partial charge in [0, 0.05) is 30.5 Å². The highest BCUT2D eigenvalue weighted by molar-refractivity contribution is 5.84. The van der Waals surface area contributed by atoms with Crippen LogP contribution in [0.4, 0.5) is 4.39 Å². The highest BCUT2D eigenvalue weighted by atomic mass is 19.1. The van der Waals surface area contributed by atoms with Crippen LogP contribution in [0.15, 0.2) is 28.3 Å². The summed E-state index contributed by atoms with van der Waals surface area (Å²) >= 11 is 0. The predicted molar refractivity (Wildman–Crippen MR) is 120 cm³/mol. The number of Topliss-reactive ketones (excluding diaryl/α,β-unsaturated/α-hetero) is 1. The third-order valence-corrected chi connectivity index (χ3v) is 9.09. The van der Waals surface area contributed by atoms with E-state index < -0.39 is 6.17 Å². The monoisotopic (exact) mass is 411 g/mol. The maximum absolute atomic E-state index is 13.8. The second-order valence-corrected chi connectivity index (χ2v) is 10.8. The van der Waals surface area contributed by atoms with Crippen LogP contribution in [-0.2, 0) is 4.79 Å². The molecule has 2 saturated carbocycles. The summed E-state index contributed by atoms with van der Waals surface area (Å²) in [6.07, 6.45) is 20.4. The van der Waals surface area contributed by atoms with E-state index >= 15 is 0 Å². The van der Waals surface area contributed by atoms with Crippen LogP contribution < -0.4 is 0 Å². The number of alkyl halides is 1. The number of carbonyl (C=O) groups excluding carboxylic acids is 1. The van der Waals surface area contributed by atoms with Crippen molar-refractivity contribution in [2.75, 3.05) is 6.54 Å². The fourth-order valence-corrected chi connectivity index (χ4v) is 7.39. The summed E-state index contributed by atoms with van der Waals surface area (Å²) in [6, 6.07) is 0. The van der Waals surface area contributed by atoms with E-state index in [1.165, 1.54) is 50.5 Å². The van der Waals surface area contributed by atoms with Crippen molar-refractivity contribution in [1.29, 1.82) is 0 Å². The van der Waals surface area contributed by atoms with Crippen molar-refractivity contribution in [2.45, 2.75) is 89.6 Å². The van der Waals surface area contributed by atoms with E-state index in [1.807, 2.05) is 6.21 Å². The Bertz CT molecular complexity index is 731. The molecule has 0 saturated heterocycles. The summed E-state index contributed by atoms with van der Waals surface area (Å²) in [5, 5.41) is 0. The van der Waals surface area contributed by atoms with Gasteiger partial charge in [0.25, 0.3) is 0 Å². The Morgan fingerprint density at radius 1 is 0.900 bits per heavy atom. The Hall–Kier alpha value is -1.25. The number of allylic oxidation sites excluding steroid dienone is 3. The van der Waals surface area contributed by atoms with Gasteiger partial charge < -0.3 is 0 Å². The van der Waals surface area contributed by atoms with Gasteiger partial charge in [-0.25, -0.2) is 4.39 Å². The lowest BCUT2D eigenvalue weighted by molar-refractivity contribution is -0.128. The molecule has 2 nitrogen and oxygen atoms in total. The Morgan fingerprint density at radius 2 is 1.73 bits per heavy atom. The second-order valence-electron chi connectivity index (χ2n) is 10.8. The van der Waals surface area contributed by atoms with Crippen molar-refractivity contribution in [3.63, 3.8) is 0 Å². The molecular weight excluding hydrogens is 373 g/mol. The van der Waals surface area contributed by atoms with E-state index in [2.05, 4.69) is 11.1 Å². The number of hydrogen-bond acceptors (Lipinski definition) is 2. The Kier molecular flexibility index (Phi) is 6.25. The summed E-state index contributed by atoms with van der Waals surface area (Å²) in [7, 11) is 0. The zero-order valence-electron chi connectivity index (χ0n) is 18.4. The molecule has 0 bridgehead atoms. The topological polar surface area (TPSA) is 29.4 Å². The molecule has 4 aliphatic carbocycles. The highest BCUT2D eigenvalue weighted by Gasteiger charge is 2.38. The first-order chi connectivity index (χ1) is 14.7. The first-order valence-electron chi connectivity index (χ1n) is 12.8. The van der Waals surface area contributed by atoms with Crippen molar-refractivity contribution in [3.05, 3.63) is 23.3 Å². The first kappa shape index (κ1) is 20.6. The van der Waals surface area contributed by atoms with E-state index in [0.29, 0.717) is 30.0 Å². The van der Waals surface area contributed by atoms with Crippen molar-refractivity contribution in [2.24, 2.45) is 40.5 Å². The summed E-state index contributed by atoms with van der Waals surface area (Å²) in [6.45, 7) is 0.842. The molecule has 0 aromatic heterocycles. The van der Waals surface area contributed by atoms with Crippen LogP contribution in [0.3, 0.4) is 0 Å². The number of aliphatic imine (C=N–C) groups is 1. The molecule has 5 aliphatic rings. The van der Waals surface area contributed by atoms with Crippen LogP contribution in [0.5, 0.6) is 0 Å². The number of ketones is 1. The average Bonchev–Trinajstić information content (AvgIpc) is 3.33. The van der Waals surface area contributed by atoms with Gasteiger partial charge in [-0.15, -0.1) is 0 Å². The molecule has 0 spiro atoms.